The van der Waals surface area contributed by atoms with Crippen molar-refractivity contribution >= 4 is 29.0 Å². The minimum absolute atomic E-state index is 0.0148. The maximum absolute atomic E-state index is 12.0. The van der Waals surface area contributed by atoms with Crippen molar-refractivity contribution in [3.8, 4) is 0 Å². The fourth-order valence-electron chi connectivity index (χ4n) is 2.78. The van der Waals surface area contributed by atoms with Gasteiger partial charge in [0.1, 0.15) is 0 Å². The number of aryl methyl sites for hydroxylation is 1. The molecule has 0 radical (unpaired) electrons. The zero-order valence-electron chi connectivity index (χ0n) is 13.2. The fraction of sp³-hybridized carbons (Fsp3) is 0.600. The third kappa shape index (κ3) is 4.32. The fourth-order valence-corrected chi connectivity index (χ4v) is 4.40. The van der Waals surface area contributed by atoms with Gasteiger partial charge in [-0.05, 0) is 47.2 Å². The van der Waals surface area contributed by atoms with Gasteiger partial charge in [-0.1, -0.05) is 31.0 Å². The van der Waals surface area contributed by atoms with E-state index in [1.807, 2.05) is 10.1 Å². The minimum atomic E-state index is 0.0148. The molecule has 0 aromatic carbocycles. The summed E-state index contributed by atoms with van der Waals surface area (Å²) in [6.07, 6.45) is 6.01. The summed E-state index contributed by atoms with van der Waals surface area (Å²) in [4.78, 5) is 13.2. The lowest BCUT2D eigenvalue weighted by Crippen LogP contribution is -2.24. The summed E-state index contributed by atoms with van der Waals surface area (Å²) in [5, 5.41) is 17.7. The normalized spacial score (nSPS) is 15.7. The molecule has 0 unspecified atom stereocenters. The number of thioether (sulfide) groups is 1. The van der Waals surface area contributed by atoms with Crippen molar-refractivity contribution in [1.82, 2.24) is 25.5 Å². The highest BCUT2D eigenvalue weighted by molar-refractivity contribution is 7.99. The number of aromatic nitrogens is 4. The molecule has 1 amide bonds. The predicted molar refractivity (Wildman–Crippen MR) is 91.6 cm³/mol. The molecule has 124 valence electrons. The van der Waals surface area contributed by atoms with Crippen LogP contribution in [0.2, 0.25) is 0 Å². The topological polar surface area (TPSA) is 72.7 Å². The number of carbonyl (C=O) groups excluding carboxylic acids is 1. The van der Waals surface area contributed by atoms with Crippen LogP contribution in [0.15, 0.2) is 16.6 Å². The highest BCUT2D eigenvalue weighted by Gasteiger charge is 2.20. The Morgan fingerprint density at radius 2 is 2.26 bits per heavy atom. The third-order valence-electron chi connectivity index (χ3n) is 4.13. The van der Waals surface area contributed by atoms with Crippen LogP contribution in [0.1, 0.15) is 48.6 Å². The summed E-state index contributed by atoms with van der Waals surface area (Å²) in [6.45, 7) is 2.65. The Morgan fingerprint density at radius 3 is 3.00 bits per heavy atom. The molecular formula is C15H21N5OS2. The minimum Gasteiger partial charge on any atom is -0.350 e. The van der Waals surface area contributed by atoms with Crippen molar-refractivity contribution in [2.75, 3.05) is 5.75 Å². The maximum atomic E-state index is 12.0. The summed E-state index contributed by atoms with van der Waals surface area (Å²) < 4.78 is 1.90. The third-order valence-corrected chi connectivity index (χ3v) is 6.09. The van der Waals surface area contributed by atoms with E-state index in [4.69, 9.17) is 0 Å². The van der Waals surface area contributed by atoms with Gasteiger partial charge >= 0.3 is 0 Å². The number of nitrogens with one attached hydrogen (secondary N) is 1. The number of thiophene rings is 1. The van der Waals surface area contributed by atoms with Gasteiger partial charge in [0.25, 0.3) is 0 Å². The Kier molecular flexibility index (Phi) is 5.66. The van der Waals surface area contributed by atoms with Gasteiger partial charge in [0.2, 0.25) is 11.1 Å². The first-order valence-electron chi connectivity index (χ1n) is 7.94. The Hall–Kier alpha value is -1.41. The van der Waals surface area contributed by atoms with Crippen LogP contribution in [0.4, 0.5) is 0 Å². The SMILES string of the molecule is Cc1ccsc1CNC(=O)CSc1nnnn1C1CCCCC1. The summed E-state index contributed by atoms with van der Waals surface area (Å²) in [6, 6.07) is 2.46. The first kappa shape index (κ1) is 16.4. The van der Waals surface area contributed by atoms with E-state index in [0.29, 0.717) is 18.3 Å². The van der Waals surface area contributed by atoms with E-state index in [1.54, 1.807) is 11.3 Å². The van der Waals surface area contributed by atoms with Crippen LogP contribution >= 0.6 is 23.1 Å². The molecule has 1 fully saturated rings. The van der Waals surface area contributed by atoms with Crippen LogP contribution in [-0.4, -0.2) is 31.9 Å². The number of rotatable bonds is 6. The Balaban J connectivity index is 1.49. The Bertz CT molecular complexity index is 648. The van der Waals surface area contributed by atoms with Gasteiger partial charge in [-0.15, -0.1) is 16.4 Å². The van der Waals surface area contributed by atoms with Crippen LogP contribution < -0.4 is 5.32 Å². The van der Waals surface area contributed by atoms with Gasteiger partial charge in [0, 0.05) is 4.88 Å². The molecule has 2 aromatic heterocycles. The molecule has 3 rings (SSSR count). The monoisotopic (exact) mass is 351 g/mol. The van der Waals surface area contributed by atoms with Gasteiger partial charge in [-0.3, -0.25) is 4.79 Å². The number of tetrazole rings is 1. The summed E-state index contributed by atoms with van der Waals surface area (Å²) in [5.74, 6) is 0.360. The van der Waals surface area contributed by atoms with Crippen molar-refractivity contribution in [1.29, 1.82) is 0 Å². The second-order valence-corrected chi connectivity index (χ2v) is 7.73. The lowest BCUT2D eigenvalue weighted by Gasteiger charge is -2.21. The zero-order valence-corrected chi connectivity index (χ0v) is 14.8. The second kappa shape index (κ2) is 7.92. The lowest BCUT2D eigenvalue weighted by atomic mass is 9.96. The standard InChI is InChI=1S/C15H21N5OS2/c1-11-7-8-22-13(11)9-16-14(21)10-23-15-17-18-19-20(15)12-5-3-2-4-6-12/h7-8,12H,2-6,9-10H2,1H3,(H,16,21). The maximum Gasteiger partial charge on any atom is 0.230 e. The molecule has 1 N–H and O–H groups in total. The quantitative estimate of drug-likeness (QED) is 0.810. The molecule has 8 heteroatoms. The van der Waals surface area contributed by atoms with Crippen LogP contribution in [0.5, 0.6) is 0 Å². The molecule has 0 atom stereocenters. The van der Waals surface area contributed by atoms with Gasteiger partial charge in [0.15, 0.2) is 0 Å². The van der Waals surface area contributed by atoms with Gasteiger partial charge in [-0.25, -0.2) is 4.68 Å². The molecule has 0 aliphatic heterocycles. The number of hydrogen-bond acceptors (Lipinski definition) is 6. The lowest BCUT2D eigenvalue weighted by molar-refractivity contribution is -0.118. The van der Waals surface area contributed by atoms with Crippen molar-refractivity contribution in [3.05, 3.63) is 21.9 Å². The van der Waals surface area contributed by atoms with Crippen LogP contribution in [0.3, 0.4) is 0 Å². The number of hydrogen-bond donors (Lipinski definition) is 1. The summed E-state index contributed by atoms with van der Waals surface area (Å²) in [7, 11) is 0. The van der Waals surface area contributed by atoms with Crippen molar-refractivity contribution in [2.45, 2.75) is 56.8 Å². The summed E-state index contributed by atoms with van der Waals surface area (Å²) in [5.41, 5.74) is 1.23. The molecular weight excluding hydrogens is 330 g/mol. The number of amides is 1. The predicted octanol–water partition coefficient (Wildman–Crippen LogP) is 2.96. The van der Waals surface area contributed by atoms with Crippen molar-refractivity contribution in [3.63, 3.8) is 0 Å². The molecule has 1 saturated carbocycles. The molecule has 23 heavy (non-hydrogen) atoms. The van der Waals surface area contributed by atoms with E-state index < -0.39 is 0 Å². The smallest absolute Gasteiger partial charge is 0.230 e. The molecule has 2 aromatic rings. The van der Waals surface area contributed by atoms with Crippen molar-refractivity contribution in [2.24, 2.45) is 0 Å². The zero-order chi connectivity index (χ0) is 16.1. The van der Waals surface area contributed by atoms with E-state index in [9.17, 15) is 4.79 Å². The Labute approximate surface area is 144 Å². The number of carbonyl (C=O) groups is 1. The molecule has 2 heterocycles. The van der Waals surface area contributed by atoms with E-state index >= 15 is 0 Å². The second-order valence-electron chi connectivity index (χ2n) is 5.79. The summed E-state index contributed by atoms with van der Waals surface area (Å²) >= 11 is 3.09. The van der Waals surface area contributed by atoms with Crippen LogP contribution in [0, 0.1) is 6.92 Å². The van der Waals surface area contributed by atoms with E-state index in [1.165, 1.54) is 41.5 Å². The largest absolute Gasteiger partial charge is 0.350 e. The van der Waals surface area contributed by atoms with E-state index in [2.05, 4.69) is 33.8 Å². The molecule has 6 nitrogen and oxygen atoms in total. The van der Waals surface area contributed by atoms with Crippen LogP contribution in [0.25, 0.3) is 0 Å². The molecule has 1 aliphatic rings. The molecule has 0 bridgehead atoms. The Morgan fingerprint density at radius 1 is 1.43 bits per heavy atom. The first-order valence-corrected chi connectivity index (χ1v) is 9.81. The van der Waals surface area contributed by atoms with Gasteiger partial charge < -0.3 is 5.32 Å². The average Bonchev–Trinajstić information content (AvgIpc) is 3.20. The number of nitrogens with zero attached hydrogens (tertiary/aromatic N) is 4. The van der Waals surface area contributed by atoms with Crippen LogP contribution in [-0.2, 0) is 11.3 Å². The molecule has 1 aliphatic carbocycles. The average molecular weight is 352 g/mol. The highest BCUT2D eigenvalue weighted by atomic mass is 32.2. The molecule has 0 saturated heterocycles. The first-order chi connectivity index (χ1) is 11.2. The van der Waals surface area contributed by atoms with Gasteiger partial charge in [0.05, 0.1) is 18.3 Å². The molecule has 0 spiro atoms. The van der Waals surface area contributed by atoms with E-state index in [-0.39, 0.29) is 5.91 Å². The van der Waals surface area contributed by atoms with E-state index in [0.717, 1.165) is 18.0 Å². The highest BCUT2D eigenvalue weighted by Crippen LogP contribution is 2.30. The van der Waals surface area contributed by atoms with Crippen molar-refractivity contribution < 1.29 is 4.79 Å². The van der Waals surface area contributed by atoms with Gasteiger partial charge in [-0.2, -0.15) is 0 Å².